The summed E-state index contributed by atoms with van der Waals surface area (Å²) < 4.78 is 36.9. The first-order valence-electron chi connectivity index (χ1n) is 7.94. The smallest absolute Gasteiger partial charge is 0.255 e. The molecule has 0 aliphatic carbocycles. The van der Waals surface area contributed by atoms with Crippen LogP contribution in [0.4, 0.5) is 5.69 Å². The number of ether oxygens (including phenoxy) is 2. The summed E-state index contributed by atoms with van der Waals surface area (Å²) in [6, 6.07) is 10.3. The first-order chi connectivity index (χ1) is 12.8. The van der Waals surface area contributed by atoms with E-state index in [0.717, 1.165) is 0 Å². The number of carbonyl (C=O) groups is 2. The van der Waals surface area contributed by atoms with Crippen LogP contribution in [0.25, 0.3) is 0 Å². The monoisotopic (exact) mass is 391 g/mol. The zero-order valence-corrected chi connectivity index (χ0v) is 14.9. The Bertz CT molecular complexity index is 973. The van der Waals surface area contributed by atoms with Gasteiger partial charge in [-0.1, -0.05) is 0 Å². The van der Waals surface area contributed by atoms with Gasteiger partial charge in [0.15, 0.2) is 11.5 Å². The minimum Gasteiger partial charge on any atom is -0.486 e. The minimum absolute atomic E-state index is 0.0837. The Labute approximate surface area is 155 Å². The van der Waals surface area contributed by atoms with Crippen LogP contribution in [0.1, 0.15) is 10.4 Å². The van der Waals surface area contributed by atoms with Crippen molar-refractivity contribution in [3.8, 4) is 11.5 Å². The molecular formula is C17H17N3O6S. The Morgan fingerprint density at radius 2 is 1.67 bits per heavy atom. The lowest BCUT2D eigenvalue weighted by atomic mass is 10.2. The van der Waals surface area contributed by atoms with Crippen LogP contribution in [0.2, 0.25) is 0 Å². The number of sulfonamides is 1. The van der Waals surface area contributed by atoms with Crippen molar-refractivity contribution in [2.45, 2.75) is 4.90 Å². The van der Waals surface area contributed by atoms with Gasteiger partial charge in [-0.25, -0.2) is 13.1 Å². The summed E-state index contributed by atoms with van der Waals surface area (Å²) in [5, 5.41) is 2.71. The Morgan fingerprint density at radius 1 is 1.00 bits per heavy atom. The standard InChI is InChI=1S/C17H17N3O6S/c18-16(21)10-19-27(23,24)13-4-1-11(2-5-13)17(22)20-12-3-6-14-15(9-12)26-8-7-25-14/h1-6,9,19H,7-8,10H2,(H2,18,21)(H,20,22). The molecule has 2 amide bonds. The fourth-order valence-electron chi connectivity index (χ4n) is 2.36. The highest BCUT2D eigenvalue weighted by atomic mass is 32.2. The van der Waals surface area contributed by atoms with Crippen LogP contribution in [-0.2, 0) is 14.8 Å². The number of hydrogen-bond acceptors (Lipinski definition) is 6. The molecule has 0 atom stereocenters. The van der Waals surface area contributed by atoms with Crippen molar-refractivity contribution >= 4 is 27.5 Å². The first kappa shape index (κ1) is 18.7. The highest BCUT2D eigenvalue weighted by Gasteiger charge is 2.16. The molecule has 1 aliphatic heterocycles. The van der Waals surface area contributed by atoms with Crippen molar-refractivity contribution < 1.29 is 27.5 Å². The molecule has 0 unspecified atom stereocenters. The quantitative estimate of drug-likeness (QED) is 0.655. The van der Waals surface area contributed by atoms with Gasteiger partial charge in [-0.15, -0.1) is 0 Å². The summed E-state index contributed by atoms with van der Waals surface area (Å²) in [6.07, 6.45) is 0. The Morgan fingerprint density at radius 3 is 2.33 bits per heavy atom. The largest absolute Gasteiger partial charge is 0.486 e. The molecule has 0 radical (unpaired) electrons. The lowest BCUT2D eigenvalue weighted by Gasteiger charge is -2.19. The molecule has 4 N–H and O–H groups in total. The third-order valence-electron chi connectivity index (χ3n) is 3.66. The number of nitrogens with two attached hydrogens (primary N) is 1. The molecule has 1 aliphatic rings. The summed E-state index contributed by atoms with van der Waals surface area (Å²) >= 11 is 0. The van der Waals surface area contributed by atoms with E-state index in [0.29, 0.717) is 30.4 Å². The maximum Gasteiger partial charge on any atom is 0.255 e. The van der Waals surface area contributed by atoms with E-state index in [1.165, 1.54) is 24.3 Å². The summed E-state index contributed by atoms with van der Waals surface area (Å²) in [6.45, 7) is 0.404. The van der Waals surface area contributed by atoms with Crippen molar-refractivity contribution in [1.29, 1.82) is 0 Å². The molecular weight excluding hydrogens is 374 g/mol. The van der Waals surface area contributed by atoms with E-state index >= 15 is 0 Å². The van der Waals surface area contributed by atoms with E-state index in [-0.39, 0.29) is 10.5 Å². The van der Waals surface area contributed by atoms with Gasteiger partial charge in [0.25, 0.3) is 5.91 Å². The molecule has 2 aromatic carbocycles. The average molecular weight is 391 g/mol. The van der Waals surface area contributed by atoms with E-state index in [9.17, 15) is 18.0 Å². The van der Waals surface area contributed by atoms with Gasteiger partial charge >= 0.3 is 0 Å². The summed E-state index contributed by atoms with van der Waals surface area (Å²) in [7, 11) is -3.88. The van der Waals surface area contributed by atoms with E-state index in [1.807, 2.05) is 0 Å². The summed E-state index contributed by atoms with van der Waals surface area (Å²) in [4.78, 5) is 23.0. The molecule has 0 saturated carbocycles. The fourth-order valence-corrected chi connectivity index (χ4v) is 3.35. The van der Waals surface area contributed by atoms with Crippen LogP contribution in [0.3, 0.4) is 0 Å². The van der Waals surface area contributed by atoms with Crippen LogP contribution in [0.5, 0.6) is 11.5 Å². The summed E-state index contributed by atoms with van der Waals surface area (Å²) in [5.74, 6) is -0.0620. The summed E-state index contributed by atoms with van der Waals surface area (Å²) in [5.41, 5.74) is 5.70. The van der Waals surface area contributed by atoms with Gasteiger partial charge in [-0.05, 0) is 36.4 Å². The number of primary amides is 1. The fraction of sp³-hybridized carbons (Fsp3) is 0.176. The number of benzene rings is 2. The minimum atomic E-state index is -3.88. The van der Waals surface area contributed by atoms with Crippen molar-refractivity contribution in [3.05, 3.63) is 48.0 Å². The predicted molar refractivity (Wildman–Crippen MR) is 96.2 cm³/mol. The zero-order chi connectivity index (χ0) is 19.4. The first-order valence-corrected chi connectivity index (χ1v) is 9.42. The van der Waals surface area contributed by atoms with Gasteiger partial charge in [-0.2, -0.15) is 0 Å². The molecule has 2 aromatic rings. The van der Waals surface area contributed by atoms with E-state index in [4.69, 9.17) is 15.2 Å². The number of rotatable bonds is 6. The van der Waals surface area contributed by atoms with Gasteiger partial charge in [0.2, 0.25) is 15.9 Å². The topological polar surface area (TPSA) is 137 Å². The normalized spacial score (nSPS) is 13.0. The van der Waals surface area contributed by atoms with E-state index in [2.05, 4.69) is 10.0 Å². The molecule has 9 nitrogen and oxygen atoms in total. The highest BCUT2D eigenvalue weighted by Crippen LogP contribution is 2.32. The van der Waals surface area contributed by atoms with Gasteiger partial charge in [0.05, 0.1) is 11.4 Å². The number of fused-ring (bicyclic) bond motifs is 1. The number of anilines is 1. The van der Waals surface area contributed by atoms with Crippen molar-refractivity contribution in [2.75, 3.05) is 25.1 Å². The highest BCUT2D eigenvalue weighted by molar-refractivity contribution is 7.89. The van der Waals surface area contributed by atoms with Gasteiger partial charge < -0.3 is 20.5 Å². The van der Waals surface area contributed by atoms with Crippen LogP contribution in [0.15, 0.2) is 47.4 Å². The molecule has 1 heterocycles. The molecule has 0 saturated heterocycles. The number of carbonyl (C=O) groups excluding carboxylic acids is 2. The zero-order valence-electron chi connectivity index (χ0n) is 14.1. The number of hydrogen-bond donors (Lipinski definition) is 3. The third kappa shape index (κ3) is 4.54. The molecule has 0 fully saturated rings. The van der Waals surface area contributed by atoms with E-state index < -0.39 is 28.4 Å². The predicted octanol–water partition coefficient (Wildman–Crippen LogP) is 0.474. The van der Waals surface area contributed by atoms with Gasteiger partial charge in [0.1, 0.15) is 13.2 Å². The second-order valence-electron chi connectivity index (χ2n) is 5.63. The maximum atomic E-state index is 12.3. The number of nitrogens with one attached hydrogen (secondary N) is 2. The molecule has 27 heavy (non-hydrogen) atoms. The van der Waals surface area contributed by atoms with Gasteiger partial charge in [0, 0.05) is 17.3 Å². The van der Waals surface area contributed by atoms with Crippen molar-refractivity contribution in [3.63, 3.8) is 0 Å². The molecule has 10 heteroatoms. The second kappa shape index (κ2) is 7.64. The Balaban J connectivity index is 1.70. The van der Waals surface area contributed by atoms with Crippen molar-refractivity contribution in [2.24, 2.45) is 5.73 Å². The van der Waals surface area contributed by atoms with Crippen LogP contribution in [0, 0.1) is 0 Å². The Hall–Kier alpha value is -3.11. The van der Waals surface area contributed by atoms with Crippen LogP contribution in [-0.4, -0.2) is 40.0 Å². The Kier molecular flexibility index (Phi) is 5.28. The van der Waals surface area contributed by atoms with Gasteiger partial charge in [-0.3, -0.25) is 9.59 Å². The molecule has 3 rings (SSSR count). The van der Waals surface area contributed by atoms with Crippen LogP contribution < -0.4 is 25.2 Å². The SMILES string of the molecule is NC(=O)CNS(=O)(=O)c1ccc(C(=O)Nc2ccc3c(c2)OCCO3)cc1. The number of amides is 2. The molecule has 142 valence electrons. The molecule has 0 spiro atoms. The molecule has 0 aromatic heterocycles. The maximum absolute atomic E-state index is 12.3. The average Bonchev–Trinajstić information content (AvgIpc) is 2.66. The van der Waals surface area contributed by atoms with Crippen LogP contribution >= 0.6 is 0 Å². The third-order valence-corrected chi connectivity index (χ3v) is 5.08. The van der Waals surface area contributed by atoms with E-state index in [1.54, 1.807) is 18.2 Å². The second-order valence-corrected chi connectivity index (χ2v) is 7.39. The lowest BCUT2D eigenvalue weighted by molar-refractivity contribution is -0.116. The molecule has 0 bridgehead atoms. The van der Waals surface area contributed by atoms with Crippen molar-refractivity contribution in [1.82, 2.24) is 4.72 Å². The lowest BCUT2D eigenvalue weighted by Crippen LogP contribution is -2.33.